The summed E-state index contributed by atoms with van der Waals surface area (Å²) in [7, 11) is 0. The molecule has 0 unspecified atom stereocenters. The highest BCUT2D eigenvalue weighted by Gasteiger charge is 2.33. The summed E-state index contributed by atoms with van der Waals surface area (Å²) in [5, 5.41) is 0.721. The van der Waals surface area contributed by atoms with Crippen LogP contribution in [-0.4, -0.2) is 11.7 Å². The van der Waals surface area contributed by atoms with Crippen LogP contribution in [-0.2, 0) is 4.79 Å². The Morgan fingerprint density at radius 3 is 2.40 bits per heavy atom. The predicted molar refractivity (Wildman–Crippen MR) is 88.3 cm³/mol. The Bertz CT molecular complexity index is 629. The van der Waals surface area contributed by atoms with Crippen LogP contribution in [0.25, 0.3) is 0 Å². The first-order valence-corrected chi connectivity index (χ1v) is 8.32. The Morgan fingerprint density at radius 2 is 1.75 bits per heavy atom. The Morgan fingerprint density at radius 1 is 1.10 bits per heavy atom. The van der Waals surface area contributed by atoms with Crippen LogP contribution in [0.2, 0.25) is 5.02 Å². The minimum atomic E-state index is 0.0148. The van der Waals surface area contributed by atoms with Crippen LogP contribution in [0.3, 0.4) is 0 Å². The summed E-state index contributed by atoms with van der Waals surface area (Å²) in [6, 6.07) is 15.5. The smallest absolute Gasteiger partial charge is 0.238 e. The van der Waals surface area contributed by atoms with Crippen molar-refractivity contribution < 1.29 is 4.79 Å². The number of carbonyl (C=O) groups excluding carboxylic acids is 1. The van der Waals surface area contributed by atoms with E-state index >= 15 is 0 Å². The molecule has 2 aromatic rings. The molecular weight excluding hydrogens is 358 g/mol. The largest absolute Gasteiger partial charge is 0.295 e. The normalized spacial score (nSPS) is 18.6. The summed E-state index contributed by atoms with van der Waals surface area (Å²) >= 11 is 11.0. The van der Waals surface area contributed by atoms with Gasteiger partial charge in [-0.25, -0.2) is 0 Å². The Kier molecular flexibility index (Phi) is 4.06. The molecule has 1 atom stereocenters. The lowest BCUT2D eigenvalue weighted by Crippen LogP contribution is -2.27. The van der Waals surface area contributed by atoms with Crippen molar-refractivity contribution in [2.45, 2.75) is 5.37 Å². The van der Waals surface area contributed by atoms with Crippen LogP contribution in [0.1, 0.15) is 10.9 Å². The van der Waals surface area contributed by atoms with E-state index in [2.05, 4.69) is 15.9 Å². The van der Waals surface area contributed by atoms with Crippen molar-refractivity contribution in [2.24, 2.45) is 0 Å². The molecule has 1 heterocycles. The number of nitrogens with zero attached hydrogens (tertiary/aromatic N) is 1. The first-order chi connectivity index (χ1) is 9.65. The van der Waals surface area contributed by atoms with Gasteiger partial charge in [-0.15, -0.1) is 11.8 Å². The van der Waals surface area contributed by atoms with Crippen molar-refractivity contribution in [3.8, 4) is 0 Å². The van der Waals surface area contributed by atoms with Gasteiger partial charge in [-0.3, -0.25) is 9.69 Å². The zero-order valence-corrected chi connectivity index (χ0v) is 13.6. The molecule has 1 saturated heterocycles. The molecule has 0 spiro atoms. The lowest BCUT2D eigenvalue weighted by molar-refractivity contribution is -0.115. The lowest BCUT2D eigenvalue weighted by Gasteiger charge is -2.24. The molecule has 102 valence electrons. The molecule has 3 rings (SSSR count). The van der Waals surface area contributed by atoms with Gasteiger partial charge in [-0.05, 0) is 42.0 Å². The highest BCUT2D eigenvalue weighted by molar-refractivity contribution is 9.10. The molecule has 0 bridgehead atoms. The number of thioether (sulfide) groups is 1. The van der Waals surface area contributed by atoms with Crippen LogP contribution in [0.15, 0.2) is 53.0 Å². The fourth-order valence-corrected chi connectivity index (χ4v) is 3.75. The topological polar surface area (TPSA) is 20.3 Å². The van der Waals surface area contributed by atoms with Crippen molar-refractivity contribution in [1.82, 2.24) is 0 Å². The third kappa shape index (κ3) is 2.73. The molecule has 0 N–H and O–H groups in total. The van der Waals surface area contributed by atoms with Gasteiger partial charge in [-0.1, -0.05) is 39.7 Å². The van der Waals surface area contributed by atoms with Gasteiger partial charge in [-0.2, -0.15) is 0 Å². The fraction of sp³-hybridized carbons (Fsp3) is 0.133. The van der Waals surface area contributed by atoms with Crippen molar-refractivity contribution in [3.63, 3.8) is 0 Å². The number of anilines is 1. The van der Waals surface area contributed by atoms with Gasteiger partial charge in [0.05, 0.1) is 5.75 Å². The van der Waals surface area contributed by atoms with Crippen molar-refractivity contribution in [1.29, 1.82) is 0 Å². The van der Waals surface area contributed by atoms with Gasteiger partial charge >= 0.3 is 0 Å². The van der Waals surface area contributed by atoms with E-state index in [1.165, 1.54) is 0 Å². The maximum absolute atomic E-state index is 12.2. The molecule has 0 radical (unpaired) electrons. The molecule has 20 heavy (non-hydrogen) atoms. The van der Waals surface area contributed by atoms with Gasteiger partial charge in [0.2, 0.25) is 5.91 Å². The average molecular weight is 369 g/mol. The quantitative estimate of drug-likeness (QED) is 0.753. The van der Waals surface area contributed by atoms with E-state index in [4.69, 9.17) is 11.6 Å². The average Bonchev–Trinajstić information content (AvgIpc) is 2.83. The zero-order chi connectivity index (χ0) is 14.1. The highest BCUT2D eigenvalue weighted by atomic mass is 79.9. The number of carbonyl (C=O) groups is 1. The van der Waals surface area contributed by atoms with Crippen molar-refractivity contribution in [2.75, 3.05) is 10.7 Å². The molecule has 2 nitrogen and oxygen atoms in total. The van der Waals surface area contributed by atoms with Gasteiger partial charge in [0, 0.05) is 15.2 Å². The van der Waals surface area contributed by atoms with Crippen LogP contribution < -0.4 is 4.90 Å². The maximum Gasteiger partial charge on any atom is 0.238 e. The molecule has 0 aromatic heterocycles. The second-order valence-electron chi connectivity index (χ2n) is 4.46. The second-order valence-corrected chi connectivity index (χ2v) is 6.88. The zero-order valence-electron chi connectivity index (χ0n) is 10.4. The number of amides is 1. The van der Waals surface area contributed by atoms with E-state index < -0.39 is 0 Å². The minimum absolute atomic E-state index is 0.0148. The fourth-order valence-electron chi connectivity index (χ4n) is 2.18. The summed E-state index contributed by atoms with van der Waals surface area (Å²) in [5.41, 5.74) is 2.01. The number of benzene rings is 2. The van der Waals surface area contributed by atoms with E-state index in [0.29, 0.717) is 10.8 Å². The third-order valence-corrected chi connectivity index (χ3v) is 5.12. The Labute approximate surface area is 135 Å². The first-order valence-electron chi connectivity index (χ1n) is 6.10. The molecule has 1 amide bonds. The van der Waals surface area contributed by atoms with Gasteiger partial charge in [0.25, 0.3) is 0 Å². The number of halogens is 2. The van der Waals surface area contributed by atoms with Crippen molar-refractivity contribution in [3.05, 3.63) is 63.6 Å². The van der Waals surface area contributed by atoms with E-state index in [1.807, 2.05) is 53.4 Å². The summed E-state index contributed by atoms with van der Waals surface area (Å²) in [4.78, 5) is 14.0. The molecule has 1 fully saturated rings. The van der Waals surface area contributed by atoms with Crippen molar-refractivity contribution >= 4 is 50.9 Å². The van der Waals surface area contributed by atoms with Crippen LogP contribution in [0.5, 0.6) is 0 Å². The van der Waals surface area contributed by atoms with Crippen LogP contribution in [0, 0.1) is 0 Å². The second kappa shape index (κ2) is 5.80. The van der Waals surface area contributed by atoms with Crippen LogP contribution >= 0.6 is 39.3 Å². The lowest BCUT2D eigenvalue weighted by atomic mass is 10.2. The van der Waals surface area contributed by atoms with Gasteiger partial charge in [0.1, 0.15) is 5.37 Å². The summed E-state index contributed by atoms with van der Waals surface area (Å²) < 4.78 is 1.00. The van der Waals surface area contributed by atoms with Crippen LogP contribution in [0.4, 0.5) is 5.69 Å². The molecule has 0 aliphatic carbocycles. The summed E-state index contributed by atoms with van der Waals surface area (Å²) in [6.07, 6.45) is 0. The molecule has 5 heteroatoms. The highest BCUT2D eigenvalue weighted by Crippen LogP contribution is 2.42. The van der Waals surface area contributed by atoms with E-state index in [-0.39, 0.29) is 11.3 Å². The first kappa shape index (κ1) is 14.0. The number of rotatable bonds is 2. The van der Waals surface area contributed by atoms with E-state index in [9.17, 15) is 4.79 Å². The monoisotopic (exact) mass is 367 g/mol. The summed E-state index contributed by atoms with van der Waals surface area (Å²) in [6.45, 7) is 0. The molecule has 0 saturated carbocycles. The van der Waals surface area contributed by atoms with Gasteiger partial charge < -0.3 is 0 Å². The third-order valence-electron chi connectivity index (χ3n) is 3.13. The maximum atomic E-state index is 12.2. The Hall–Kier alpha value is -0.970. The molecular formula is C15H11BrClNOS. The predicted octanol–water partition coefficient (Wildman–Crippen LogP) is 4.88. The number of hydrogen-bond acceptors (Lipinski definition) is 2. The standard InChI is InChI=1S/C15H11BrClNOS/c16-11-3-7-13(8-4-11)18-14(19)9-20-15(18)10-1-5-12(17)6-2-10/h1-8,15H,9H2/t15-/m1/s1. The molecule has 2 aromatic carbocycles. The Balaban J connectivity index is 1.96. The minimum Gasteiger partial charge on any atom is -0.295 e. The summed E-state index contributed by atoms with van der Waals surface area (Å²) in [5.74, 6) is 0.640. The molecule has 1 aliphatic heterocycles. The SMILES string of the molecule is O=C1CS[C@H](c2ccc(Cl)cc2)N1c1ccc(Br)cc1. The van der Waals surface area contributed by atoms with Gasteiger partial charge in [0.15, 0.2) is 0 Å². The van der Waals surface area contributed by atoms with E-state index in [1.54, 1.807) is 11.8 Å². The van der Waals surface area contributed by atoms with E-state index in [0.717, 1.165) is 15.7 Å². The number of hydrogen-bond donors (Lipinski definition) is 0. The molecule has 1 aliphatic rings.